The average molecular weight is 402 g/mol. The summed E-state index contributed by atoms with van der Waals surface area (Å²) in [6, 6.07) is 1.85. The number of alkyl halides is 3. The summed E-state index contributed by atoms with van der Waals surface area (Å²) in [5, 5.41) is 3.52. The van der Waals surface area contributed by atoms with E-state index in [2.05, 4.69) is 5.16 Å². The maximum absolute atomic E-state index is 13.5. The van der Waals surface area contributed by atoms with Gasteiger partial charge in [-0.3, -0.25) is 9.59 Å². The predicted octanol–water partition coefficient (Wildman–Crippen LogP) is 4.37. The van der Waals surface area contributed by atoms with Crippen molar-refractivity contribution in [2.75, 3.05) is 0 Å². The molecule has 0 aliphatic rings. The minimum atomic E-state index is -5.15. The van der Waals surface area contributed by atoms with Crippen LogP contribution in [0.15, 0.2) is 28.9 Å². The molecule has 3 rings (SSSR count). The van der Waals surface area contributed by atoms with Crippen LogP contribution < -0.4 is 0 Å². The number of hydrogen-bond acceptors (Lipinski definition) is 4. The maximum Gasteiger partial charge on any atom is 0.456 e. The standard InChI is InChI=1S/C17H8F6N2O3/c1-6-12(14(25-28-6)7-2-9(18)13(20)10(19)3-7)15(26)8-4-11(24-5-8)16(27)17(21,22)23/h2-5,24H,1H3. The van der Waals surface area contributed by atoms with Gasteiger partial charge in [-0.2, -0.15) is 13.2 Å². The van der Waals surface area contributed by atoms with Gasteiger partial charge in [0.1, 0.15) is 11.5 Å². The Balaban J connectivity index is 2.04. The van der Waals surface area contributed by atoms with Crippen molar-refractivity contribution in [1.29, 1.82) is 0 Å². The number of carbonyl (C=O) groups excluding carboxylic acids is 2. The Labute approximate surface area is 151 Å². The highest BCUT2D eigenvalue weighted by Crippen LogP contribution is 2.30. The van der Waals surface area contributed by atoms with Crippen molar-refractivity contribution < 1.29 is 40.5 Å². The first-order valence-electron chi connectivity index (χ1n) is 7.46. The first kappa shape index (κ1) is 19.4. The predicted molar refractivity (Wildman–Crippen MR) is 81.2 cm³/mol. The number of benzene rings is 1. The van der Waals surface area contributed by atoms with Gasteiger partial charge in [0, 0.05) is 17.3 Å². The van der Waals surface area contributed by atoms with Crippen LogP contribution in [0.1, 0.15) is 32.2 Å². The van der Waals surface area contributed by atoms with Crippen molar-refractivity contribution in [2.24, 2.45) is 0 Å². The minimum Gasteiger partial charge on any atom is -0.360 e. The summed E-state index contributed by atoms with van der Waals surface area (Å²) in [7, 11) is 0. The van der Waals surface area contributed by atoms with E-state index in [-0.39, 0.29) is 28.1 Å². The summed E-state index contributed by atoms with van der Waals surface area (Å²) in [6.07, 6.45) is -4.28. The topological polar surface area (TPSA) is 76.0 Å². The normalized spacial score (nSPS) is 11.7. The number of Topliss-reactive ketones (excluding diaryl/α,β-unsaturated/α-hetero) is 1. The van der Waals surface area contributed by atoms with Gasteiger partial charge >= 0.3 is 6.18 Å². The van der Waals surface area contributed by atoms with Gasteiger partial charge in [0.2, 0.25) is 0 Å². The summed E-state index contributed by atoms with van der Waals surface area (Å²) in [5.41, 5.74) is -2.19. The Morgan fingerprint density at radius 2 is 1.68 bits per heavy atom. The minimum absolute atomic E-state index is 0.102. The molecule has 11 heteroatoms. The largest absolute Gasteiger partial charge is 0.456 e. The van der Waals surface area contributed by atoms with E-state index in [1.807, 2.05) is 4.98 Å². The zero-order valence-electron chi connectivity index (χ0n) is 13.7. The van der Waals surface area contributed by atoms with E-state index in [1.165, 1.54) is 6.92 Å². The SMILES string of the molecule is Cc1onc(-c2cc(F)c(F)c(F)c2)c1C(=O)c1c[nH]c(C(=O)C(F)(F)F)c1. The molecule has 146 valence electrons. The second-order valence-corrected chi connectivity index (χ2v) is 5.67. The summed E-state index contributed by atoms with van der Waals surface area (Å²) in [6.45, 7) is 1.29. The molecule has 0 atom stereocenters. The van der Waals surface area contributed by atoms with Crippen LogP contribution in [-0.4, -0.2) is 27.9 Å². The quantitative estimate of drug-likeness (QED) is 0.400. The lowest BCUT2D eigenvalue weighted by Crippen LogP contribution is -2.22. The summed E-state index contributed by atoms with van der Waals surface area (Å²) >= 11 is 0. The van der Waals surface area contributed by atoms with Crippen LogP contribution in [0.5, 0.6) is 0 Å². The Bertz CT molecular complexity index is 1070. The zero-order chi connectivity index (χ0) is 20.8. The molecule has 0 fully saturated rings. The monoisotopic (exact) mass is 402 g/mol. The highest BCUT2D eigenvalue weighted by atomic mass is 19.4. The van der Waals surface area contributed by atoms with Crippen molar-refractivity contribution in [3.8, 4) is 11.3 Å². The third kappa shape index (κ3) is 3.30. The van der Waals surface area contributed by atoms with Gasteiger partial charge in [-0.05, 0) is 25.1 Å². The van der Waals surface area contributed by atoms with Gasteiger partial charge in [-0.15, -0.1) is 0 Å². The van der Waals surface area contributed by atoms with E-state index in [1.54, 1.807) is 0 Å². The molecule has 0 unspecified atom stereocenters. The molecule has 2 heterocycles. The molecule has 0 amide bonds. The first-order chi connectivity index (χ1) is 13.0. The number of nitrogens with one attached hydrogen (secondary N) is 1. The fourth-order valence-corrected chi connectivity index (χ4v) is 2.48. The van der Waals surface area contributed by atoms with Crippen LogP contribution in [0.25, 0.3) is 11.3 Å². The number of H-pyrrole nitrogens is 1. The van der Waals surface area contributed by atoms with E-state index < -0.39 is 40.9 Å². The zero-order valence-corrected chi connectivity index (χ0v) is 13.7. The second-order valence-electron chi connectivity index (χ2n) is 5.67. The number of halogens is 6. The van der Waals surface area contributed by atoms with Crippen molar-refractivity contribution in [1.82, 2.24) is 10.1 Å². The van der Waals surface area contributed by atoms with Crippen LogP contribution in [0, 0.1) is 24.4 Å². The summed E-state index contributed by atoms with van der Waals surface area (Å²) < 4.78 is 82.4. The molecular weight excluding hydrogens is 394 g/mol. The molecule has 2 aromatic heterocycles. The van der Waals surface area contributed by atoms with Crippen LogP contribution in [0.2, 0.25) is 0 Å². The third-order valence-corrected chi connectivity index (χ3v) is 3.79. The number of aromatic amines is 1. The summed E-state index contributed by atoms with van der Waals surface area (Å²) in [4.78, 5) is 26.0. The van der Waals surface area contributed by atoms with Crippen LogP contribution in [-0.2, 0) is 0 Å². The van der Waals surface area contributed by atoms with Crippen LogP contribution >= 0.6 is 0 Å². The molecule has 0 bridgehead atoms. The lowest BCUT2D eigenvalue weighted by molar-refractivity contribution is -0.0888. The van der Waals surface area contributed by atoms with Crippen molar-refractivity contribution in [2.45, 2.75) is 13.1 Å². The molecule has 0 aliphatic carbocycles. The molecular formula is C17H8F6N2O3. The molecule has 0 spiro atoms. The smallest absolute Gasteiger partial charge is 0.360 e. The van der Waals surface area contributed by atoms with E-state index in [0.29, 0.717) is 18.2 Å². The van der Waals surface area contributed by atoms with Gasteiger partial charge in [0.25, 0.3) is 5.78 Å². The Morgan fingerprint density at radius 3 is 2.25 bits per heavy atom. The highest BCUT2D eigenvalue weighted by molar-refractivity contribution is 6.14. The molecule has 0 saturated carbocycles. The molecule has 5 nitrogen and oxygen atoms in total. The molecule has 0 saturated heterocycles. The molecule has 1 aromatic carbocycles. The van der Waals surface area contributed by atoms with Crippen molar-refractivity contribution in [3.63, 3.8) is 0 Å². The van der Waals surface area contributed by atoms with E-state index in [4.69, 9.17) is 4.52 Å². The molecule has 28 heavy (non-hydrogen) atoms. The van der Waals surface area contributed by atoms with Gasteiger partial charge in [-0.1, -0.05) is 5.16 Å². The molecule has 1 N–H and O–H groups in total. The Morgan fingerprint density at radius 1 is 1.07 bits per heavy atom. The van der Waals surface area contributed by atoms with Crippen molar-refractivity contribution in [3.05, 3.63) is 64.4 Å². The number of aromatic nitrogens is 2. The molecule has 0 aliphatic heterocycles. The Hall–Kier alpha value is -3.37. The van der Waals surface area contributed by atoms with E-state index >= 15 is 0 Å². The molecule has 3 aromatic rings. The number of ketones is 2. The van der Waals surface area contributed by atoms with Gasteiger partial charge in [0.15, 0.2) is 23.2 Å². The lowest BCUT2D eigenvalue weighted by atomic mass is 9.99. The number of rotatable bonds is 4. The first-order valence-corrected chi connectivity index (χ1v) is 7.46. The van der Waals surface area contributed by atoms with E-state index in [0.717, 1.165) is 6.20 Å². The fraction of sp³-hybridized carbons (Fsp3) is 0.118. The summed E-state index contributed by atoms with van der Waals surface area (Å²) in [5.74, 6) is -8.00. The highest BCUT2D eigenvalue weighted by Gasteiger charge is 2.40. The van der Waals surface area contributed by atoms with Gasteiger partial charge < -0.3 is 9.51 Å². The maximum atomic E-state index is 13.5. The number of carbonyl (C=O) groups is 2. The third-order valence-electron chi connectivity index (χ3n) is 3.79. The van der Waals surface area contributed by atoms with Crippen molar-refractivity contribution >= 4 is 11.6 Å². The number of aryl methyl sites for hydroxylation is 1. The average Bonchev–Trinajstić information content (AvgIpc) is 3.24. The van der Waals surface area contributed by atoms with E-state index in [9.17, 15) is 35.9 Å². The van der Waals surface area contributed by atoms with Gasteiger partial charge in [-0.25, -0.2) is 13.2 Å². The number of hydrogen-bond donors (Lipinski definition) is 1. The fourth-order valence-electron chi connectivity index (χ4n) is 2.48. The number of nitrogens with zero attached hydrogens (tertiary/aromatic N) is 1. The van der Waals surface area contributed by atoms with Gasteiger partial charge in [0.05, 0.1) is 11.3 Å². The second kappa shape index (κ2) is 6.66. The Kier molecular flexibility index (Phi) is 4.61. The van der Waals surface area contributed by atoms with Crippen LogP contribution in [0.4, 0.5) is 26.3 Å². The van der Waals surface area contributed by atoms with Crippen LogP contribution in [0.3, 0.4) is 0 Å². The molecule has 0 radical (unpaired) electrons. The lowest BCUT2D eigenvalue weighted by Gasteiger charge is -2.03.